The van der Waals surface area contributed by atoms with Gasteiger partial charge in [-0.3, -0.25) is 13.9 Å². The van der Waals surface area contributed by atoms with Crippen molar-refractivity contribution >= 4 is 27.5 Å². The molecule has 4 aromatic rings. The van der Waals surface area contributed by atoms with Crippen molar-refractivity contribution in [3.8, 4) is 5.75 Å². The van der Waals surface area contributed by atoms with Crippen LogP contribution in [-0.4, -0.2) is 51.4 Å². The van der Waals surface area contributed by atoms with Gasteiger partial charge in [-0.1, -0.05) is 77.9 Å². The SMILES string of the molecule is CCOc1ccc(N(CC(=O)N(Cc2cccc(C)c2)[C@@H](Cc2ccccc2)C(=O)NC)S(=O)(=O)c2ccc(C)cc2)cc1. The van der Waals surface area contributed by atoms with Gasteiger partial charge in [0.2, 0.25) is 11.8 Å². The van der Waals surface area contributed by atoms with Crippen LogP contribution in [0.2, 0.25) is 0 Å². The van der Waals surface area contributed by atoms with Crippen LogP contribution in [0.25, 0.3) is 0 Å². The molecule has 0 saturated carbocycles. The van der Waals surface area contributed by atoms with Gasteiger partial charge >= 0.3 is 0 Å². The highest BCUT2D eigenvalue weighted by molar-refractivity contribution is 7.92. The van der Waals surface area contributed by atoms with Crippen LogP contribution in [0.1, 0.15) is 29.2 Å². The van der Waals surface area contributed by atoms with Gasteiger partial charge in [0.25, 0.3) is 10.0 Å². The molecule has 9 heteroatoms. The lowest BCUT2D eigenvalue weighted by molar-refractivity contribution is -0.139. The minimum atomic E-state index is -4.17. The molecule has 44 heavy (non-hydrogen) atoms. The van der Waals surface area contributed by atoms with E-state index in [1.165, 1.54) is 24.1 Å². The maximum absolute atomic E-state index is 14.4. The van der Waals surface area contributed by atoms with Crippen LogP contribution < -0.4 is 14.4 Å². The van der Waals surface area contributed by atoms with Crippen LogP contribution in [0.15, 0.2) is 108 Å². The Balaban J connectivity index is 1.78. The third-order valence-electron chi connectivity index (χ3n) is 7.28. The molecule has 0 spiro atoms. The molecule has 8 nitrogen and oxygen atoms in total. The normalized spacial score (nSPS) is 11.8. The first-order valence-electron chi connectivity index (χ1n) is 14.5. The van der Waals surface area contributed by atoms with E-state index in [1.54, 1.807) is 36.4 Å². The fourth-order valence-corrected chi connectivity index (χ4v) is 6.38. The molecule has 230 valence electrons. The molecular weight excluding hydrogens is 574 g/mol. The second-order valence-corrected chi connectivity index (χ2v) is 12.4. The first kappa shape index (κ1) is 32.3. The second kappa shape index (κ2) is 14.7. The number of aryl methyl sites for hydroxylation is 2. The molecular formula is C35H39N3O5S. The number of nitrogens with one attached hydrogen (secondary N) is 1. The first-order valence-corrected chi connectivity index (χ1v) is 16.0. The Bertz CT molecular complexity index is 1660. The number of rotatable bonds is 13. The van der Waals surface area contributed by atoms with Crippen LogP contribution in [0.4, 0.5) is 5.69 Å². The van der Waals surface area contributed by atoms with Crippen LogP contribution in [0, 0.1) is 13.8 Å². The van der Waals surface area contributed by atoms with E-state index in [4.69, 9.17) is 4.74 Å². The standard InChI is InChI=1S/C35H39N3O5S/c1-5-43-31-18-16-30(17-19-31)38(44(41,42)32-20-14-26(2)15-21-32)25-34(39)37(24-29-13-9-10-27(3)22-29)33(35(40)36-4)23-28-11-7-6-8-12-28/h6-22,33H,5,23-25H2,1-4H3,(H,36,40)/t33-/m0/s1. The summed E-state index contributed by atoms with van der Waals surface area (Å²) < 4.78 is 34.9. The molecule has 0 saturated heterocycles. The van der Waals surface area contributed by atoms with E-state index in [9.17, 15) is 18.0 Å². The van der Waals surface area contributed by atoms with Gasteiger partial charge in [0, 0.05) is 20.0 Å². The van der Waals surface area contributed by atoms with Crippen LogP contribution >= 0.6 is 0 Å². The summed E-state index contributed by atoms with van der Waals surface area (Å²) in [6.07, 6.45) is 0.256. The van der Waals surface area contributed by atoms with E-state index >= 15 is 0 Å². The summed E-state index contributed by atoms with van der Waals surface area (Å²) in [6, 6.07) is 29.4. The maximum atomic E-state index is 14.4. The highest BCUT2D eigenvalue weighted by atomic mass is 32.2. The fourth-order valence-electron chi connectivity index (χ4n) is 4.97. The van der Waals surface area contributed by atoms with E-state index in [0.29, 0.717) is 18.0 Å². The number of hydrogen-bond acceptors (Lipinski definition) is 5. The number of sulfonamides is 1. The number of nitrogens with zero attached hydrogens (tertiary/aromatic N) is 2. The number of anilines is 1. The Morgan fingerprint density at radius 2 is 1.48 bits per heavy atom. The third-order valence-corrected chi connectivity index (χ3v) is 9.06. The predicted octanol–water partition coefficient (Wildman–Crippen LogP) is 5.28. The number of likely N-dealkylation sites (N-methyl/N-ethyl adjacent to an activating group) is 1. The Hall–Kier alpha value is -4.63. The van der Waals surface area contributed by atoms with Crippen molar-refractivity contribution < 1.29 is 22.7 Å². The zero-order chi connectivity index (χ0) is 31.7. The topological polar surface area (TPSA) is 96.0 Å². The number of ether oxygens (including phenoxy) is 1. The molecule has 2 amide bonds. The Kier molecular flexibility index (Phi) is 10.8. The van der Waals surface area contributed by atoms with Crippen molar-refractivity contribution in [1.82, 2.24) is 10.2 Å². The highest BCUT2D eigenvalue weighted by Crippen LogP contribution is 2.27. The molecule has 4 rings (SSSR count). The van der Waals surface area contributed by atoms with Crippen molar-refractivity contribution in [3.63, 3.8) is 0 Å². The number of carbonyl (C=O) groups excluding carboxylic acids is 2. The lowest BCUT2D eigenvalue weighted by atomic mass is 10.0. The largest absolute Gasteiger partial charge is 0.494 e. The Morgan fingerprint density at radius 1 is 0.818 bits per heavy atom. The predicted molar refractivity (Wildman–Crippen MR) is 173 cm³/mol. The summed E-state index contributed by atoms with van der Waals surface area (Å²) in [5.74, 6) is -0.275. The lowest BCUT2D eigenvalue weighted by Gasteiger charge is -2.33. The van der Waals surface area contributed by atoms with Crippen molar-refractivity contribution in [2.24, 2.45) is 0 Å². The number of benzene rings is 4. The molecule has 0 radical (unpaired) electrons. The molecule has 0 unspecified atom stereocenters. The van der Waals surface area contributed by atoms with Crippen molar-refractivity contribution in [1.29, 1.82) is 0 Å². The van der Waals surface area contributed by atoms with Gasteiger partial charge in [-0.05, 0) is 68.3 Å². The van der Waals surface area contributed by atoms with Gasteiger partial charge in [0.05, 0.1) is 17.2 Å². The molecule has 0 aromatic heterocycles. The van der Waals surface area contributed by atoms with Crippen LogP contribution in [-0.2, 0) is 32.6 Å². The average molecular weight is 614 g/mol. The van der Waals surface area contributed by atoms with E-state index in [2.05, 4.69) is 5.32 Å². The van der Waals surface area contributed by atoms with Crippen molar-refractivity contribution in [2.45, 2.75) is 44.7 Å². The zero-order valence-corrected chi connectivity index (χ0v) is 26.4. The second-order valence-electron chi connectivity index (χ2n) is 10.6. The van der Waals surface area contributed by atoms with Crippen LogP contribution in [0.5, 0.6) is 5.75 Å². The number of hydrogen-bond donors (Lipinski definition) is 1. The molecule has 0 aliphatic rings. The van der Waals surface area contributed by atoms with Crippen molar-refractivity contribution in [3.05, 3.63) is 125 Å². The smallest absolute Gasteiger partial charge is 0.264 e. The van der Waals surface area contributed by atoms with Gasteiger partial charge in [-0.15, -0.1) is 0 Å². The maximum Gasteiger partial charge on any atom is 0.264 e. The number of carbonyl (C=O) groups is 2. The zero-order valence-electron chi connectivity index (χ0n) is 25.6. The van der Waals surface area contributed by atoms with E-state index in [0.717, 1.165) is 26.6 Å². The molecule has 0 fully saturated rings. The minimum absolute atomic E-state index is 0.0576. The third kappa shape index (κ3) is 8.05. The molecule has 1 atom stereocenters. The first-order chi connectivity index (χ1) is 21.1. The van der Waals surface area contributed by atoms with Gasteiger partial charge in [-0.25, -0.2) is 8.42 Å². The number of amides is 2. The average Bonchev–Trinajstić information content (AvgIpc) is 3.02. The fraction of sp³-hybridized carbons (Fsp3) is 0.257. The molecule has 0 aliphatic heterocycles. The molecule has 0 bridgehead atoms. The van der Waals surface area contributed by atoms with Gasteiger partial charge in [0.15, 0.2) is 0 Å². The summed E-state index contributed by atoms with van der Waals surface area (Å²) >= 11 is 0. The monoisotopic (exact) mass is 613 g/mol. The summed E-state index contributed by atoms with van der Waals surface area (Å²) in [4.78, 5) is 29.3. The lowest BCUT2D eigenvalue weighted by Crippen LogP contribution is -2.53. The van der Waals surface area contributed by atoms with Gasteiger partial charge in [0.1, 0.15) is 18.3 Å². The van der Waals surface area contributed by atoms with Crippen molar-refractivity contribution in [2.75, 3.05) is 24.5 Å². The van der Waals surface area contributed by atoms with E-state index < -0.39 is 28.5 Å². The van der Waals surface area contributed by atoms with E-state index in [1.807, 2.05) is 75.4 Å². The summed E-state index contributed by atoms with van der Waals surface area (Å²) in [6.45, 7) is 5.75. The molecule has 4 aromatic carbocycles. The van der Waals surface area contributed by atoms with Crippen LogP contribution in [0.3, 0.4) is 0 Å². The van der Waals surface area contributed by atoms with Gasteiger partial charge in [-0.2, -0.15) is 0 Å². The quantitative estimate of drug-likeness (QED) is 0.221. The van der Waals surface area contributed by atoms with E-state index in [-0.39, 0.29) is 23.8 Å². The summed E-state index contributed by atoms with van der Waals surface area (Å²) in [5, 5.41) is 2.70. The Morgan fingerprint density at radius 3 is 2.09 bits per heavy atom. The highest BCUT2D eigenvalue weighted by Gasteiger charge is 2.34. The van der Waals surface area contributed by atoms with Gasteiger partial charge < -0.3 is 15.0 Å². The molecule has 0 aliphatic carbocycles. The minimum Gasteiger partial charge on any atom is -0.494 e. The summed E-state index contributed by atoms with van der Waals surface area (Å²) in [7, 11) is -2.64. The summed E-state index contributed by atoms with van der Waals surface area (Å²) in [5.41, 5.74) is 3.92. The molecule has 1 N–H and O–H groups in total. The molecule has 0 heterocycles. The Labute approximate surface area is 260 Å².